The Labute approximate surface area is 86.8 Å². The molecule has 0 amide bonds. The Kier molecular flexibility index (Phi) is 5.88. The summed E-state index contributed by atoms with van der Waals surface area (Å²) in [6, 6.07) is 0.616. The largest absolute Gasteiger partial charge is 0.447 e. The van der Waals surface area contributed by atoms with E-state index in [1.54, 1.807) is 6.08 Å². The van der Waals surface area contributed by atoms with Crippen molar-refractivity contribution in [1.29, 1.82) is 0 Å². The SMILES string of the molecule is C=CC[Si](Cl)(OC(C)C)OC(C)C. The first-order valence-electron chi connectivity index (χ1n) is 4.55. The van der Waals surface area contributed by atoms with Crippen molar-refractivity contribution < 1.29 is 8.85 Å². The summed E-state index contributed by atoms with van der Waals surface area (Å²) in [6.45, 7) is 11.5. The Bertz CT molecular complexity index is 150. The van der Waals surface area contributed by atoms with E-state index in [1.165, 1.54) is 0 Å². The third-order valence-electron chi connectivity index (χ3n) is 1.21. The molecule has 0 fully saturated rings. The van der Waals surface area contributed by atoms with Crippen molar-refractivity contribution in [3.63, 3.8) is 0 Å². The fourth-order valence-corrected chi connectivity index (χ4v) is 4.40. The molecule has 78 valence electrons. The predicted octanol–water partition coefficient (Wildman–Crippen LogP) is 3.20. The molecule has 0 aromatic rings. The summed E-state index contributed by atoms with van der Waals surface area (Å²) >= 11 is 6.25. The quantitative estimate of drug-likeness (QED) is 0.391. The number of halogens is 1. The van der Waals surface area contributed by atoms with Crippen molar-refractivity contribution in [3.05, 3.63) is 12.7 Å². The summed E-state index contributed by atoms with van der Waals surface area (Å²) in [4.78, 5) is 0. The van der Waals surface area contributed by atoms with Gasteiger partial charge in [0.2, 0.25) is 0 Å². The van der Waals surface area contributed by atoms with Crippen LogP contribution in [-0.4, -0.2) is 20.1 Å². The van der Waals surface area contributed by atoms with E-state index in [9.17, 15) is 0 Å². The molecule has 0 unspecified atom stereocenters. The van der Waals surface area contributed by atoms with Crippen LogP contribution in [0.5, 0.6) is 0 Å². The van der Waals surface area contributed by atoms with Gasteiger partial charge in [-0.2, -0.15) is 0 Å². The van der Waals surface area contributed by atoms with Crippen LogP contribution >= 0.6 is 11.1 Å². The zero-order chi connectivity index (χ0) is 10.5. The van der Waals surface area contributed by atoms with Crippen molar-refractivity contribution >= 4 is 18.9 Å². The molecule has 0 saturated heterocycles. The molecule has 0 spiro atoms. The van der Waals surface area contributed by atoms with Gasteiger partial charge in [0.1, 0.15) is 0 Å². The zero-order valence-corrected chi connectivity index (χ0v) is 10.6. The first-order chi connectivity index (χ1) is 5.89. The van der Waals surface area contributed by atoms with Gasteiger partial charge in [-0.25, -0.2) is 0 Å². The maximum Gasteiger partial charge on any atom is 0.447 e. The summed E-state index contributed by atoms with van der Waals surface area (Å²) in [5, 5.41) is 0. The number of hydrogen-bond donors (Lipinski definition) is 0. The Hall–Kier alpha value is 0.167. The molecule has 0 bridgehead atoms. The lowest BCUT2D eigenvalue weighted by molar-refractivity contribution is 0.123. The molecule has 0 rings (SSSR count). The molecule has 0 aromatic heterocycles. The Morgan fingerprint density at radius 2 is 1.62 bits per heavy atom. The molecule has 0 aliphatic carbocycles. The second-order valence-corrected chi connectivity index (χ2v) is 7.41. The Morgan fingerprint density at radius 1 is 1.23 bits per heavy atom. The van der Waals surface area contributed by atoms with Gasteiger partial charge in [0.25, 0.3) is 0 Å². The van der Waals surface area contributed by atoms with Gasteiger partial charge in [0.05, 0.1) is 0 Å². The lowest BCUT2D eigenvalue weighted by atomic mass is 10.5. The molecular weight excluding hydrogens is 204 g/mol. The van der Waals surface area contributed by atoms with E-state index in [0.717, 1.165) is 0 Å². The van der Waals surface area contributed by atoms with Gasteiger partial charge in [-0.3, -0.25) is 0 Å². The molecule has 0 aromatic carbocycles. The Balaban J connectivity index is 4.23. The minimum Gasteiger partial charge on any atom is -0.380 e. The molecule has 0 heterocycles. The van der Waals surface area contributed by atoms with Gasteiger partial charge < -0.3 is 8.85 Å². The normalized spacial score (nSPS) is 12.5. The topological polar surface area (TPSA) is 18.5 Å². The maximum absolute atomic E-state index is 6.25. The number of hydrogen-bond acceptors (Lipinski definition) is 2. The molecule has 0 saturated carbocycles. The number of allylic oxidation sites excluding steroid dienone is 1. The fourth-order valence-electron chi connectivity index (χ4n) is 1.00. The smallest absolute Gasteiger partial charge is 0.380 e. The van der Waals surface area contributed by atoms with Crippen LogP contribution < -0.4 is 0 Å². The average molecular weight is 223 g/mol. The highest BCUT2D eigenvalue weighted by Crippen LogP contribution is 2.22. The molecule has 0 aliphatic rings. The third-order valence-corrected chi connectivity index (χ3v) is 4.63. The van der Waals surface area contributed by atoms with Crippen LogP contribution in [0, 0.1) is 0 Å². The molecule has 0 radical (unpaired) electrons. The van der Waals surface area contributed by atoms with Crippen molar-refractivity contribution in [1.82, 2.24) is 0 Å². The van der Waals surface area contributed by atoms with Gasteiger partial charge in [-0.1, -0.05) is 17.2 Å². The average Bonchev–Trinajstić information content (AvgIpc) is 1.81. The summed E-state index contributed by atoms with van der Waals surface area (Å²) in [5.41, 5.74) is 0. The van der Waals surface area contributed by atoms with Gasteiger partial charge in [-0.05, 0) is 27.7 Å². The summed E-state index contributed by atoms with van der Waals surface area (Å²) in [7, 11) is -2.52. The molecule has 0 N–H and O–H groups in total. The minimum absolute atomic E-state index is 0.0999. The van der Waals surface area contributed by atoms with E-state index in [4.69, 9.17) is 19.9 Å². The van der Waals surface area contributed by atoms with Crippen molar-refractivity contribution in [2.45, 2.75) is 45.9 Å². The van der Waals surface area contributed by atoms with Crippen LogP contribution in [0.1, 0.15) is 27.7 Å². The lowest BCUT2D eigenvalue weighted by Gasteiger charge is -2.27. The van der Waals surface area contributed by atoms with E-state index in [1.807, 2.05) is 27.7 Å². The van der Waals surface area contributed by atoms with Crippen LogP contribution in [0.2, 0.25) is 6.04 Å². The standard InChI is InChI=1S/C9H19ClO2Si/c1-6-7-13(10,11-8(2)3)12-9(4)5/h6,8-9H,1,7H2,2-5H3. The van der Waals surface area contributed by atoms with Gasteiger partial charge in [0, 0.05) is 18.3 Å². The van der Waals surface area contributed by atoms with E-state index in [0.29, 0.717) is 6.04 Å². The highest BCUT2D eigenvalue weighted by atomic mass is 35.6. The summed E-state index contributed by atoms with van der Waals surface area (Å²) in [5.74, 6) is 0. The van der Waals surface area contributed by atoms with E-state index < -0.39 is 7.87 Å². The van der Waals surface area contributed by atoms with Crippen LogP contribution in [0.4, 0.5) is 0 Å². The zero-order valence-electron chi connectivity index (χ0n) is 8.84. The molecular formula is C9H19ClO2Si. The second-order valence-electron chi connectivity index (χ2n) is 3.49. The highest BCUT2D eigenvalue weighted by Gasteiger charge is 2.36. The number of rotatable bonds is 6. The first kappa shape index (κ1) is 13.2. The van der Waals surface area contributed by atoms with E-state index in [-0.39, 0.29) is 12.2 Å². The molecule has 13 heavy (non-hydrogen) atoms. The first-order valence-corrected chi connectivity index (χ1v) is 7.58. The highest BCUT2D eigenvalue weighted by molar-refractivity contribution is 7.13. The third kappa shape index (κ3) is 6.27. The molecule has 0 atom stereocenters. The van der Waals surface area contributed by atoms with Crippen molar-refractivity contribution in [2.75, 3.05) is 0 Å². The van der Waals surface area contributed by atoms with Gasteiger partial charge >= 0.3 is 7.87 Å². The van der Waals surface area contributed by atoms with Crippen LogP contribution in [0.15, 0.2) is 12.7 Å². The predicted molar refractivity (Wildman–Crippen MR) is 59.1 cm³/mol. The maximum atomic E-state index is 6.25. The lowest BCUT2D eigenvalue weighted by Crippen LogP contribution is -2.40. The fraction of sp³-hybridized carbons (Fsp3) is 0.778. The van der Waals surface area contributed by atoms with Crippen LogP contribution in [0.25, 0.3) is 0 Å². The minimum atomic E-state index is -2.52. The second kappa shape index (κ2) is 5.80. The van der Waals surface area contributed by atoms with Gasteiger partial charge in [-0.15, -0.1) is 6.58 Å². The van der Waals surface area contributed by atoms with Crippen LogP contribution in [0.3, 0.4) is 0 Å². The van der Waals surface area contributed by atoms with Crippen LogP contribution in [-0.2, 0) is 8.85 Å². The van der Waals surface area contributed by atoms with E-state index >= 15 is 0 Å². The summed E-state index contributed by atoms with van der Waals surface area (Å²) in [6.07, 6.45) is 1.95. The van der Waals surface area contributed by atoms with Gasteiger partial charge in [0.15, 0.2) is 0 Å². The van der Waals surface area contributed by atoms with Crippen molar-refractivity contribution in [2.24, 2.45) is 0 Å². The van der Waals surface area contributed by atoms with E-state index in [2.05, 4.69) is 6.58 Å². The molecule has 2 nitrogen and oxygen atoms in total. The molecule has 0 aliphatic heterocycles. The Morgan fingerprint density at radius 3 is 1.85 bits per heavy atom. The van der Waals surface area contributed by atoms with Crippen molar-refractivity contribution in [3.8, 4) is 0 Å². The summed E-state index contributed by atoms with van der Waals surface area (Å²) < 4.78 is 11.2. The molecule has 4 heteroatoms. The monoisotopic (exact) mass is 222 g/mol.